The number of aromatic carboxylic acids is 1. The van der Waals surface area contributed by atoms with E-state index < -0.39 is 22.8 Å². The molecular formula is C27H22ClN3O7. The number of carboxylic acids is 1. The number of nitro benzene ring substituents is 1. The van der Waals surface area contributed by atoms with Crippen LogP contribution in [0.1, 0.15) is 44.7 Å². The van der Waals surface area contributed by atoms with Gasteiger partial charge in [0.1, 0.15) is 12.3 Å². The van der Waals surface area contributed by atoms with Gasteiger partial charge in [0.2, 0.25) is 0 Å². The highest BCUT2D eigenvalue weighted by atomic mass is 35.5. The van der Waals surface area contributed by atoms with Crippen LogP contribution in [0.15, 0.2) is 60.7 Å². The van der Waals surface area contributed by atoms with Gasteiger partial charge in [0.15, 0.2) is 5.78 Å². The summed E-state index contributed by atoms with van der Waals surface area (Å²) in [6, 6.07) is 15.0. The second kappa shape index (κ2) is 10.1. The molecule has 1 amide bonds. The molecule has 0 bridgehead atoms. The third kappa shape index (κ3) is 4.66. The molecule has 38 heavy (non-hydrogen) atoms. The third-order valence-electron chi connectivity index (χ3n) is 6.86. The summed E-state index contributed by atoms with van der Waals surface area (Å²) in [6.07, 6.45) is 0.615. The molecule has 0 atom stereocenters. The predicted molar refractivity (Wildman–Crippen MR) is 139 cm³/mol. The molecule has 0 radical (unpaired) electrons. The average molecular weight is 536 g/mol. The maximum atomic E-state index is 13.0. The Hall–Kier alpha value is -4.44. The van der Waals surface area contributed by atoms with E-state index in [1.54, 1.807) is 17.0 Å². The third-order valence-corrected chi connectivity index (χ3v) is 7.10. The number of nitrogens with zero attached hydrogens (tertiary/aromatic N) is 3. The Morgan fingerprint density at radius 2 is 1.71 bits per heavy atom. The van der Waals surface area contributed by atoms with Gasteiger partial charge in [-0.15, -0.1) is 0 Å². The van der Waals surface area contributed by atoms with Crippen LogP contribution in [0.2, 0.25) is 5.02 Å². The molecule has 1 fully saturated rings. The molecule has 0 aromatic heterocycles. The summed E-state index contributed by atoms with van der Waals surface area (Å²) < 4.78 is 5.34. The summed E-state index contributed by atoms with van der Waals surface area (Å²) >= 11 is 6.17. The number of fused-ring (bicyclic) bond motifs is 1. The lowest BCUT2D eigenvalue weighted by Gasteiger charge is -2.40. The largest absolute Gasteiger partial charge is 0.478 e. The number of anilines is 2. The average Bonchev–Trinajstić information content (AvgIpc) is 2.92. The van der Waals surface area contributed by atoms with Crippen LogP contribution < -0.4 is 9.80 Å². The minimum atomic E-state index is -1.26. The number of carboxylic acid groups (broad SMARTS) is 1. The monoisotopic (exact) mass is 535 g/mol. The number of nitro groups is 1. The smallest absolute Gasteiger partial charge is 0.414 e. The number of rotatable bonds is 6. The molecule has 194 valence electrons. The van der Waals surface area contributed by atoms with Crippen LogP contribution in [0, 0.1) is 10.1 Å². The maximum absolute atomic E-state index is 13.0. The van der Waals surface area contributed by atoms with Crippen LogP contribution in [0.3, 0.4) is 0 Å². The molecule has 0 aliphatic carbocycles. The van der Waals surface area contributed by atoms with Crippen LogP contribution in [0.5, 0.6) is 0 Å². The van der Waals surface area contributed by atoms with Crippen molar-refractivity contribution >= 4 is 46.5 Å². The Morgan fingerprint density at radius 3 is 2.39 bits per heavy atom. The van der Waals surface area contributed by atoms with Gasteiger partial charge >= 0.3 is 12.1 Å². The number of benzene rings is 3. The zero-order valence-corrected chi connectivity index (χ0v) is 20.8. The lowest BCUT2D eigenvalue weighted by Crippen LogP contribution is -2.49. The topological polar surface area (TPSA) is 130 Å². The van der Waals surface area contributed by atoms with Gasteiger partial charge in [-0.3, -0.25) is 19.8 Å². The molecule has 2 heterocycles. The van der Waals surface area contributed by atoms with Crippen molar-refractivity contribution in [3.05, 3.63) is 98.1 Å². The predicted octanol–water partition coefficient (Wildman–Crippen LogP) is 5.30. The van der Waals surface area contributed by atoms with Crippen molar-refractivity contribution in [3.63, 3.8) is 0 Å². The Bertz CT molecular complexity index is 1470. The normalized spacial score (nSPS) is 15.6. The molecule has 3 aromatic carbocycles. The number of ether oxygens (including phenoxy) is 1. The lowest BCUT2D eigenvalue weighted by molar-refractivity contribution is -0.384. The number of carbonyl (C=O) groups is 3. The highest BCUT2D eigenvalue weighted by Gasteiger charge is 2.35. The van der Waals surface area contributed by atoms with E-state index in [-0.39, 0.29) is 35.0 Å². The van der Waals surface area contributed by atoms with Crippen LogP contribution in [0.4, 0.5) is 21.9 Å². The maximum Gasteiger partial charge on any atom is 0.414 e. The van der Waals surface area contributed by atoms with Gasteiger partial charge in [0.05, 0.1) is 16.2 Å². The molecule has 11 heteroatoms. The van der Waals surface area contributed by atoms with E-state index in [0.717, 1.165) is 5.56 Å². The number of ketones is 1. The van der Waals surface area contributed by atoms with Gasteiger partial charge < -0.3 is 14.7 Å². The number of hydrogen-bond acceptors (Lipinski definition) is 7. The first-order valence-electron chi connectivity index (χ1n) is 11.9. The zero-order valence-electron chi connectivity index (χ0n) is 20.0. The summed E-state index contributed by atoms with van der Waals surface area (Å²) in [5, 5.41) is 21.9. The van der Waals surface area contributed by atoms with E-state index in [1.807, 2.05) is 11.0 Å². The van der Waals surface area contributed by atoms with E-state index in [0.29, 0.717) is 42.3 Å². The van der Waals surface area contributed by atoms with Gasteiger partial charge in [0.25, 0.3) is 5.69 Å². The fraction of sp³-hybridized carbons (Fsp3) is 0.222. The van der Waals surface area contributed by atoms with Crippen LogP contribution in [-0.4, -0.2) is 47.0 Å². The standard InChI is InChI=1S/C27H22ClN3O7/c28-18-7-5-17-15-38-27(35)30(23(17)14-18)19-9-11-29(12-10-19)22-8-6-16(13-24(22)31(36)37)25(32)20-3-1-2-4-21(20)26(33)34/h1-8,13-14,19H,9-12,15H2,(H,33,34). The molecule has 1 saturated heterocycles. The Balaban J connectivity index is 1.38. The quantitative estimate of drug-likeness (QED) is 0.255. The number of halogens is 1. The van der Waals surface area contributed by atoms with E-state index in [4.69, 9.17) is 16.3 Å². The lowest BCUT2D eigenvalue weighted by atomic mass is 9.96. The number of amides is 1. The van der Waals surface area contributed by atoms with E-state index >= 15 is 0 Å². The Morgan fingerprint density at radius 1 is 1.00 bits per heavy atom. The minimum Gasteiger partial charge on any atom is -0.478 e. The fourth-order valence-electron chi connectivity index (χ4n) is 5.00. The van der Waals surface area contributed by atoms with Crippen LogP contribution in [0.25, 0.3) is 0 Å². The van der Waals surface area contributed by atoms with Crippen molar-refractivity contribution in [1.82, 2.24) is 0 Å². The van der Waals surface area contributed by atoms with Crippen molar-refractivity contribution < 1.29 is 29.2 Å². The molecule has 1 N–H and O–H groups in total. The Labute approximate surface area is 222 Å². The Kier molecular flexibility index (Phi) is 6.73. The van der Waals surface area contributed by atoms with Crippen LogP contribution >= 0.6 is 11.6 Å². The first-order valence-corrected chi connectivity index (χ1v) is 12.3. The van der Waals surface area contributed by atoms with Crippen LogP contribution in [-0.2, 0) is 11.3 Å². The molecular weight excluding hydrogens is 514 g/mol. The summed E-state index contributed by atoms with van der Waals surface area (Å²) in [4.78, 5) is 52.1. The van der Waals surface area contributed by atoms with Gasteiger partial charge in [-0.1, -0.05) is 35.9 Å². The molecule has 5 rings (SSSR count). The zero-order chi connectivity index (χ0) is 27.0. The van der Waals surface area contributed by atoms with Gasteiger partial charge in [-0.2, -0.15) is 0 Å². The SMILES string of the molecule is O=C(O)c1ccccc1C(=O)c1ccc(N2CCC(N3C(=O)OCc4ccc(Cl)cc43)CC2)c([N+](=O)[O-])c1. The summed E-state index contributed by atoms with van der Waals surface area (Å²) in [6.45, 7) is 1.04. The molecule has 10 nitrogen and oxygen atoms in total. The fourth-order valence-corrected chi connectivity index (χ4v) is 5.17. The molecule has 2 aliphatic rings. The number of carbonyl (C=O) groups excluding carboxylic acids is 2. The van der Waals surface area contributed by atoms with E-state index in [1.165, 1.54) is 42.5 Å². The number of cyclic esters (lactones) is 1. The van der Waals surface area contributed by atoms with Crippen molar-refractivity contribution in [3.8, 4) is 0 Å². The van der Waals surface area contributed by atoms with Crippen molar-refractivity contribution in [2.75, 3.05) is 22.9 Å². The van der Waals surface area contributed by atoms with Crippen molar-refractivity contribution in [2.45, 2.75) is 25.5 Å². The summed E-state index contributed by atoms with van der Waals surface area (Å²) in [5.41, 5.74) is 1.47. The molecule has 0 saturated carbocycles. The second-order valence-electron chi connectivity index (χ2n) is 9.06. The van der Waals surface area contributed by atoms with E-state index in [2.05, 4.69) is 0 Å². The molecule has 2 aliphatic heterocycles. The van der Waals surface area contributed by atoms with Gasteiger partial charge in [-0.05, 0) is 43.2 Å². The minimum absolute atomic E-state index is 0.0218. The first-order chi connectivity index (χ1) is 18.2. The molecule has 3 aromatic rings. The first kappa shape index (κ1) is 25.2. The van der Waals surface area contributed by atoms with Crippen molar-refractivity contribution in [1.29, 1.82) is 0 Å². The second-order valence-corrected chi connectivity index (χ2v) is 9.49. The van der Waals surface area contributed by atoms with Gasteiger partial charge in [-0.25, -0.2) is 9.59 Å². The summed E-state index contributed by atoms with van der Waals surface area (Å²) in [5.74, 6) is -1.87. The van der Waals surface area contributed by atoms with E-state index in [9.17, 15) is 29.6 Å². The molecule has 0 spiro atoms. The van der Waals surface area contributed by atoms with Crippen molar-refractivity contribution in [2.24, 2.45) is 0 Å². The molecule has 0 unspecified atom stereocenters. The van der Waals surface area contributed by atoms with Gasteiger partial charge in [0, 0.05) is 46.9 Å². The number of hydrogen-bond donors (Lipinski definition) is 1. The summed E-state index contributed by atoms with van der Waals surface area (Å²) in [7, 11) is 0. The number of piperidine rings is 1. The highest BCUT2D eigenvalue weighted by molar-refractivity contribution is 6.31. The highest BCUT2D eigenvalue weighted by Crippen LogP contribution is 2.37.